The summed E-state index contributed by atoms with van der Waals surface area (Å²) in [6.07, 6.45) is 1.73. The van der Waals surface area contributed by atoms with E-state index in [1.165, 1.54) is 0 Å². The minimum Gasteiger partial charge on any atom is -0.393 e. The molecule has 0 atom stereocenters. The molecule has 0 aliphatic carbocycles. The van der Waals surface area contributed by atoms with Crippen molar-refractivity contribution >= 4 is 39.0 Å². The molecule has 1 aliphatic rings. The Morgan fingerprint density at radius 3 is 2.58 bits per heavy atom. The molecule has 0 radical (unpaired) electrons. The van der Waals surface area contributed by atoms with Crippen molar-refractivity contribution in [1.82, 2.24) is 4.90 Å². The van der Waals surface area contributed by atoms with Gasteiger partial charge in [0.25, 0.3) is 5.91 Å². The van der Waals surface area contributed by atoms with E-state index in [2.05, 4.69) is 15.9 Å². The Morgan fingerprint density at radius 1 is 1.42 bits per heavy atom. The normalized spacial score (nSPS) is 16.4. The number of thiocarbonyl (C=S) groups is 1. The van der Waals surface area contributed by atoms with Gasteiger partial charge in [0.05, 0.1) is 10.6 Å². The number of rotatable bonds is 2. The molecule has 0 saturated carbocycles. The fraction of sp³-hybridized carbons (Fsp3) is 0.429. The van der Waals surface area contributed by atoms with Crippen LogP contribution in [0.25, 0.3) is 0 Å². The second-order valence-electron chi connectivity index (χ2n) is 4.95. The number of amides is 1. The number of nitrogens with zero attached hydrogens (tertiary/aromatic N) is 1. The number of halogens is 1. The second kappa shape index (κ2) is 6.01. The first-order valence-corrected chi connectivity index (χ1v) is 7.54. The molecule has 1 fully saturated rings. The molecule has 1 saturated heterocycles. The second-order valence-corrected chi connectivity index (χ2v) is 6.28. The molecule has 2 N–H and O–H groups in total. The van der Waals surface area contributed by atoms with Gasteiger partial charge in [-0.15, -0.1) is 0 Å². The highest BCUT2D eigenvalue weighted by atomic mass is 79.9. The lowest BCUT2D eigenvalue weighted by atomic mass is 9.96. The first-order chi connectivity index (χ1) is 8.99. The van der Waals surface area contributed by atoms with Crippen molar-refractivity contribution < 1.29 is 4.79 Å². The molecule has 0 spiro atoms. The van der Waals surface area contributed by atoms with Gasteiger partial charge in [-0.25, -0.2) is 0 Å². The molecule has 0 bridgehead atoms. The molecule has 0 unspecified atom stereocenters. The minimum absolute atomic E-state index is 0.0771. The lowest BCUT2D eigenvalue weighted by Crippen LogP contribution is -2.41. The van der Waals surface area contributed by atoms with E-state index in [9.17, 15) is 4.79 Å². The number of aryl methyl sites for hydroxylation is 1. The Balaban J connectivity index is 2.07. The maximum Gasteiger partial charge on any atom is 0.254 e. The molecular weight excluding hydrogens is 324 g/mol. The van der Waals surface area contributed by atoms with Crippen LogP contribution in [0, 0.1) is 12.8 Å². The fourth-order valence-corrected chi connectivity index (χ4v) is 3.23. The van der Waals surface area contributed by atoms with Crippen LogP contribution in [0.3, 0.4) is 0 Å². The molecule has 0 aromatic heterocycles. The lowest BCUT2D eigenvalue weighted by molar-refractivity contribution is 0.0709. The van der Waals surface area contributed by atoms with Gasteiger partial charge >= 0.3 is 0 Å². The van der Waals surface area contributed by atoms with Gasteiger partial charge < -0.3 is 10.6 Å². The molecule has 1 heterocycles. The zero-order chi connectivity index (χ0) is 14.0. The molecule has 102 valence electrons. The third-order valence-electron chi connectivity index (χ3n) is 3.54. The molecule has 2 rings (SSSR count). The van der Waals surface area contributed by atoms with Crippen LogP contribution in [0.15, 0.2) is 22.7 Å². The summed E-state index contributed by atoms with van der Waals surface area (Å²) in [6.45, 7) is 3.45. The number of likely N-dealkylation sites (tertiary alicyclic amines) is 1. The van der Waals surface area contributed by atoms with E-state index in [1.54, 1.807) is 0 Å². The molecular formula is C14H17BrN2OS. The number of benzene rings is 1. The lowest BCUT2D eigenvalue weighted by Gasteiger charge is -2.31. The average Bonchev–Trinajstić information content (AvgIpc) is 2.38. The summed E-state index contributed by atoms with van der Waals surface area (Å²) < 4.78 is 0.856. The van der Waals surface area contributed by atoms with Gasteiger partial charge in [0, 0.05) is 23.5 Å². The molecule has 1 amide bonds. The van der Waals surface area contributed by atoms with Gasteiger partial charge in [0.1, 0.15) is 0 Å². The van der Waals surface area contributed by atoms with E-state index in [4.69, 9.17) is 18.0 Å². The Bertz CT molecular complexity index is 510. The van der Waals surface area contributed by atoms with Gasteiger partial charge in [-0.2, -0.15) is 0 Å². The van der Waals surface area contributed by atoms with E-state index in [0.717, 1.165) is 41.5 Å². The maximum absolute atomic E-state index is 12.4. The van der Waals surface area contributed by atoms with Gasteiger partial charge in [-0.3, -0.25) is 4.79 Å². The van der Waals surface area contributed by atoms with Crippen molar-refractivity contribution in [1.29, 1.82) is 0 Å². The first-order valence-electron chi connectivity index (χ1n) is 6.34. The monoisotopic (exact) mass is 340 g/mol. The van der Waals surface area contributed by atoms with Crippen molar-refractivity contribution in [2.45, 2.75) is 19.8 Å². The van der Waals surface area contributed by atoms with Gasteiger partial charge in [0.2, 0.25) is 0 Å². The Kier molecular flexibility index (Phi) is 4.58. The van der Waals surface area contributed by atoms with E-state index >= 15 is 0 Å². The average molecular weight is 341 g/mol. The highest BCUT2D eigenvalue weighted by molar-refractivity contribution is 9.10. The maximum atomic E-state index is 12.4. The van der Waals surface area contributed by atoms with Crippen LogP contribution < -0.4 is 5.73 Å². The number of hydrogen-bond donors (Lipinski definition) is 1. The Labute approximate surface area is 127 Å². The summed E-state index contributed by atoms with van der Waals surface area (Å²) in [7, 11) is 0. The number of carbonyl (C=O) groups excluding carboxylic acids is 1. The van der Waals surface area contributed by atoms with E-state index in [1.807, 2.05) is 30.0 Å². The highest BCUT2D eigenvalue weighted by Crippen LogP contribution is 2.23. The van der Waals surface area contributed by atoms with Crippen molar-refractivity contribution in [2.24, 2.45) is 11.7 Å². The van der Waals surface area contributed by atoms with Crippen LogP contribution >= 0.6 is 28.1 Å². The predicted molar refractivity (Wildman–Crippen MR) is 84.3 cm³/mol. The Morgan fingerprint density at radius 2 is 2.05 bits per heavy atom. The molecule has 1 aliphatic heterocycles. The number of hydrogen-bond acceptors (Lipinski definition) is 2. The number of piperidine rings is 1. The van der Waals surface area contributed by atoms with Crippen LogP contribution in [-0.4, -0.2) is 28.9 Å². The molecule has 19 heavy (non-hydrogen) atoms. The third kappa shape index (κ3) is 3.34. The fourth-order valence-electron chi connectivity index (χ4n) is 2.33. The highest BCUT2D eigenvalue weighted by Gasteiger charge is 2.25. The first kappa shape index (κ1) is 14.5. The smallest absolute Gasteiger partial charge is 0.254 e. The van der Waals surface area contributed by atoms with Crippen LogP contribution in [-0.2, 0) is 0 Å². The molecule has 3 nitrogen and oxygen atoms in total. The summed E-state index contributed by atoms with van der Waals surface area (Å²) in [6, 6.07) is 5.80. The van der Waals surface area contributed by atoms with Crippen LogP contribution in [0.2, 0.25) is 0 Å². The van der Waals surface area contributed by atoms with Crippen LogP contribution in [0.5, 0.6) is 0 Å². The topological polar surface area (TPSA) is 46.3 Å². The van der Waals surface area contributed by atoms with Crippen molar-refractivity contribution in [2.75, 3.05) is 13.1 Å². The summed E-state index contributed by atoms with van der Waals surface area (Å²) in [5.74, 6) is 0.355. The van der Waals surface area contributed by atoms with Crippen LogP contribution in [0.1, 0.15) is 28.8 Å². The number of nitrogens with two attached hydrogens (primary N) is 1. The van der Waals surface area contributed by atoms with Crippen LogP contribution in [0.4, 0.5) is 0 Å². The van der Waals surface area contributed by atoms with Gasteiger partial charge in [0.15, 0.2) is 0 Å². The van der Waals surface area contributed by atoms with Gasteiger partial charge in [-0.05, 0) is 53.4 Å². The molecule has 1 aromatic carbocycles. The summed E-state index contributed by atoms with van der Waals surface area (Å²) in [5, 5.41) is 0. The third-order valence-corrected chi connectivity index (χ3v) is 4.53. The number of carbonyl (C=O) groups is 1. The summed E-state index contributed by atoms with van der Waals surface area (Å²) >= 11 is 8.48. The molecule has 5 heteroatoms. The zero-order valence-corrected chi connectivity index (χ0v) is 13.3. The van der Waals surface area contributed by atoms with E-state index in [-0.39, 0.29) is 11.8 Å². The van der Waals surface area contributed by atoms with Crippen molar-refractivity contribution in [3.05, 3.63) is 33.8 Å². The molecule has 1 aromatic rings. The predicted octanol–water partition coefficient (Wildman–Crippen LogP) is 2.90. The SMILES string of the molecule is Cc1ccc(C(=O)N2CCC(C(N)=S)CC2)c(Br)c1. The summed E-state index contributed by atoms with van der Waals surface area (Å²) in [4.78, 5) is 14.9. The minimum atomic E-state index is 0.0771. The zero-order valence-electron chi connectivity index (χ0n) is 10.9. The Hall–Kier alpha value is -0.940. The largest absolute Gasteiger partial charge is 0.393 e. The standard InChI is InChI=1S/C14H17BrN2OS/c1-9-2-3-11(12(15)8-9)14(18)17-6-4-10(5-7-17)13(16)19/h2-3,8,10H,4-7H2,1H3,(H2,16,19). The van der Waals surface area contributed by atoms with E-state index < -0.39 is 0 Å². The van der Waals surface area contributed by atoms with Crippen molar-refractivity contribution in [3.63, 3.8) is 0 Å². The van der Waals surface area contributed by atoms with Crippen molar-refractivity contribution in [3.8, 4) is 0 Å². The summed E-state index contributed by atoms with van der Waals surface area (Å²) in [5.41, 5.74) is 7.52. The van der Waals surface area contributed by atoms with E-state index in [0.29, 0.717) is 4.99 Å². The van der Waals surface area contributed by atoms with Gasteiger partial charge in [-0.1, -0.05) is 18.3 Å². The quantitative estimate of drug-likeness (QED) is 0.842.